The molecule has 0 aromatic heterocycles. The van der Waals surface area contributed by atoms with Crippen LogP contribution in [0.2, 0.25) is 0 Å². The van der Waals surface area contributed by atoms with E-state index in [2.05, 4.69) is 88.3 Å². The smallest absolute Gasteiger partial charge is 0.240 e. The van der Waals surface area contributed by atoms with E-state index in [1.165, 1.54) is 17.5 Å². The molecule has 9 heteroatoms. The van der Waals surface area contributed by atoms with Crippen LogP contribution in [-0.2, 0) is 29.0 Å². The lowest BCUT2D eigenvalue weighted by molar-refractivity contribution is -0.183. The zero-order chi connectivity index (χ0) is 37.7. The minimum atomic E-state index is -0.848. The number of fused-ring (bicyclic) bond motifs is 2. The van der Waals surface area contributed by atoms with Gasteiger partial charge in [-0.15, -0.1) is 0 Å². The van der Waals surface area contributed by atoms with E-state index in [1.807, 2.05) is 12.1 Å². The third-order valence-corrected chi connectivity index (χ3v) is 12.7. The fourth-order valence-electron chi connectivity index (χ4n) is 9.55. The number of nitrogens with zero attached hydrogens (tertiary/aromatic N) is 3. The molecule has 1 unspecified atom stereocenters. The second-order valence-electron chi connectivity index (χ2n) is 17.3. The van der Waals surface area contributed by atoms with E-state index in [0.717, 1.165) is 80.5 Å². The highest BCUT2D eigenvalue weighted by atomic mass is 16.7. The molecule has 1 aliphatic heterocycles. The number of aryl methyl sites for hydroxylation is 2. The van der Waals surface area contributed by atoms with Crippen LogP contribution in [0.5, 0.6) is 5.75 Å². The Kier molecular flexibility index (Phi) is 13.9. The van der Waals surface area contributed by atoms with Crippen molar-refractivity contribution in [3.05, 3.63) is 53.1 Å². The molecule has 290 valence electrons. The lowest BCUT2D eigenvalue weighted by atomic mass is 9.45. The van der Waals surface area contributed by atoms with Gasteiger partial charge in [-0.05, 0) is 139 Å². The largest absolute Gasteiger partial charge is 0.496 e. The molecule has 1 heterocycles. The van der Waals surface area contributed by atoms with E-state index in [1.54, 1.807) is 19.1 Å². The maximum absolute atomic E-state index is 14.3. The topological polar surface area (TPSA) is 97.7 Å². The van der Waals surface area contributed by atoms with Gasteiger partial charge in [-0.2, -0.15) is 5.06 Å². The number of methoxy groups -OCH3 is 1. The minimum Gasteiger partial charge on any atom is -0.496 e. The monoisotopic (exact) mass is 721 g/mol. The Morgan fingerprint density at radius 2 is 1.65 bits per heavy atom. The van der Waals surface area contributed by atoms with Gasteiger partial charge in [-0.25, -0.2) is 0 Å². The van der Waals surface area contributed by atoms with Gasteiger partial charge in [0.05, 0.1) is 26.4 Å². The van der Waals surface area contributed by atoms with Crippen LogP contribution in [0.1, 0.15) is 82.9 Å². The first-order chi connectivity index (χ1) is 24.7. The Morgan fingerprint density at radius 3 is 2.17 bits per heavy atom. The minimum absolute atomic E-state index is 0.0825. The van der Waals surface area contributed by atoms with Crippen LogP contribution in [0.25, 0.3) is 11.1 Å². The number of amides is 1. The molecule has 4 fully saturated rings. The zero-order valence-corrected chi connectivity index (χ0v) is 33.5. The van der Waals surface area contributed by atoms with Crippen LogP contribution < -0.4 is 10.1 Å². The quantitative estimate of drug-likeness (QED) is 0.167. The normalized spacial score (nSPS) is 27.5. The number of benzene rings is 2. The second-order valence-corrected chi connectivity index (χ2v) is 17.3. The molecule has 2 bridgehead atoms. The number of unbranched alkanes of at least 4 members (excludes halogenated alkanes) is 2. The van der Waals surface area contributed by atoms with E-state index < -0.39 is 24.2 Å². The summed E-state index contributed by atoms with van der Waals surface area (Å²) in [7, 11) is 10.2. The lowest BCUT2D eigenvalue weighted by Crippen LogP contribution is -2.62. The summed E-state index contributed by atoms with van der Waals surface area (Å²) in [5.74, 6) is 1.59. The summed E-state index contributed by atoms with van der Waals surface area (Å²) >= 11 is 0. The second kappa shape index (κ2) is 17.7. The molecule has 6 rings (SSSR count). The number of ether oxygens (including phenoxy) is 1. The third-order valence-electron chi connectivity index (χ3n) is 12.7. The molecule has 52 heavy (non-hydrogen) atoms. The Bertz CT molecular complexity index is 1440. The maximum atomic E-state index is 14.3. The predicted molar refractivity (Wildman–Crippen MR) is 209 cm³/mol. The Balaban J connectivity index is 1.41. The highest BCUT2D eigenvalue weighted by Gasteiger charge is 2.57. The first-order valence-electron chi connectivity index (χ1n) is 19.9. The number of carbonyl (C=O) groups is 1. The molecular formula is C43H68N4O5. The number of aliphatic hydroxyl groups is 2. The molecule has 3 N–H and O–H groups in total. The molecule has 1 amide bonds. The van der Waals surface area contributed by atoms with E-state index in [-0.39, 0.29) is 25.1 Å². The van der Waals surface area contributed by atoms with Crippen LogP contribution in [0.15, 0.2) is 36.4 Å². The molecule has 8 atom stereocenters. The number of para-hydroxylation sites is 1. The van der Waals surface area contributed by atoms with Crippen molar-refractivity contribution in [3.63, 3.8) is 0 Å². The number of hydrogen-bond acceptors (Lipinski definition) is 8. The Morgan fingerprint density at radius 1 is 1.02 bits per heavy atom. The fourth-order valence-corrected chi connectivity index (χ4v) is 9.55. The summed E-state index contributed by atoms with van der Waals surface area (Å²) in [4.78, 5) is 25.1. The molecule has 2 aromatic carbocycles. The van der Waals surface area contributed by atoms with Crippen LogP contribution >= 0.6 is 0 Å². The van der Waals surface area contributed by atoms with Gasteiger partial charge in [-0.3, -0.25) is 9.63 Å². The summed E-state index contributed by atoms with van der Waals surface area (Å²) in [6.07, 6.45) is 7.26. The van der Waals surface area contributed by atoms with Gasteiger partial charge in [0.1, 0.15) is 17.9 Å². The van der Waals surface area contributed by atoms with Crippen molar-refractivity contribution >= 4 is 5.91 Å². The SMILES string of the molecule is COc1c(CN2O[C@@H](CO)[C@H]([C@H](C)O)C2C(=O)N[C@H]2C[C@H]3C[C@@H]([C@@H]2C)C3(C)C)cccc1-c1cc(CCCCN(C)C)cc(CCCCN(C)C)c1. The van der Waals surface area contributed by atoms with Crippen molar-refractivity contribution in [1.82, 2.24) is 20.2 Å². The van der Waals surface area contributed by atoms with Crippen molar-refractivity contribution in [2.24, 2.45) is 29.1 Å². The highest BCUT2D eigenvalue weighted by Crippen LogP contribution is 2.61. The number of carbonyl (C=O) groups excluding carboxylic acids is 1. The fraction of sp³-hybridized carbons (Fsp3) is 0.698. The molecule has 3 saturated carbocycles. The molecule has 0 radical (unpaired) electrons. The van der Waals surface area contributed by atoms with Gasteiger partial charge in [0.25, 0.3) is 0 Å². The average molecular weight is 721 g/mol. The number of aliphatic hydroxyl groups excluding tert-OH is 2. The van der Waals surface area contributed by atoms with Crippen molar-refractivity contribution in [1.29, 1.82) is 0 Å². The average Bonchev–Trinajstić information content (AvgIpc) is 3.47. The number of nitrogens with one attached hydrogen (secondary N) is 1. The van der Waals surface area contributed by atoms with E-state index in [4.69, 9.17) is 9.57 Å². The Hall–Kier alpha value is -2.53. The number of hydroxylamine groups is 2. The standard InChI is InChI=1S/C43H68N4O5/c1-28-36-24-34(43(36,3)4)25-37(28)44-42(50)40-39(29(2)49)38(27-48)52-47(40)26-32-17-14-18-35(41(32)51-9)33-22-30(15-10-12-19-45(5)6)21-31(23-33)16-11-13-20-46(7)8/h14,17-18,21-23,28-29,34,36-40,48-49H,10-13,15-16,19-20,24-27H2,1-9H3,(H,44,50)/t28-,29-,34+,36-,37-,38-,39-,40?/m0/s1. The zero-order valence-electron chi connectivity index (χ0n) is 33.5. The summed E-state index contributed by atoms with van der Waals surface area (Å²) in [6, 6.07) is 12.5. The van der Waals surface area contributed by atoms with Crippen LogP contribution in [0.4, 0.5) is 0 Å². The van der Waals surface area contributed by atoms with Crippen LogP contribution in [0, 0.1) is 29.1 Å². The summed E-state index contributed by atoms with van der Waals surface area (Å²) in [5.41, 5.74) is 6.02. The van der Waals surface area contributed by atoms with Gasteiger partial charge in [0.2, 0.25) is 5.91 Å². The molecule has 3 aliphatic carbocycles. The van der Waals surface area contributed by atoms with Crippen molar-refractivity contribution < 1.29 is 24.6 Å². The maximum Gasteiger partial charge on any atom is 0.240 e. The van der Waals surface area contributed by atoms with Crippen molar-refractivity contribution in [3.8, 4) is 16.9 Å². The van der Waals surface area contributed by atoms with Gasteiger partial charge in [0, 0.05) is 23.1 Å². The Labute approximate surface area is 314 Å². The number of rotatable bonds is 18. The molecular weight excluding hydrogens is 652 g/mol. The van der Waals surface area contributed by atoms with Crippen molar-refractivity contribution in [2.75, 3.05) is 55.0 Å². The van der Waals surface area contributed by atoms with Gasteiger partial charge in [0.15, 0.2) is 0 Å². The first-order valence-corrected chi connectivity index (χ1v) is 19.9. The van der Waals surface area contributed by atoms with E-state index >= 15 is 0 Å². The molecule has 1 saturated heterocycles. The predicted octanol–water partition coefficient (Wildman–Crippen LogP) is 5.79. The van der Waals surface area contributed by atoms with Gasteiger partial charge in [-0.1, -0.05) is 57.2 Å². The van der Waals surface area contributed by atoms with Crippen LogP contribution in [-0.4, -0.2) is 110 Å². The summed E-state index contributed by atoms with van der Waals surface area (Å²) in [6.45, 7) is 10.8. The van der Waals surface area contributed by atoms with E-state index in [0.29, 0.717) is 23.2 Å². The molecule has 2 aromatic rings. The summed E-state index contributed by atoms with van der Waals surface area (Å²) < 4.78 is 6.17. The molecule has 0 spiro atoms. The molecule has 4 aliphatic rings. The van der Waals surface area contributed by atoms with Crippen LogP contribution in [0.3, 0.4) is 0 Å². The highest BCUT2D eigenvalue weighted by molar-refractivity contribution is 5.83. The lowest BCUT2D eigenvalue weighted by Gasteiger charge is -2.62. The number of hydrogen-bond donors (Lipinski definition) is 3. The van der Waals surface area contributed by atoms with Crippen molar-refractivity contribution in [2.45, 2.75) is 110 Å². The van der Waals surface area contributed by atoms with Gasteiger partial charge >= 0.3 is 0 Å². The molecule has 9 nitrogen and oxygen atoms in total. The summed E-state index contributed by atoms with van der Waals surface area (Å²) in [5, 5.41) is 26.4. The van der Waals surface area contributed by atoms with E-state index in [9.17, 15) is 15.0 Å². The third kappa shape index (κ3) is 9.22. The first kappa shape index (κ1) is 40.7. The van der Waals surface area contributed by atoms with Gasteiger partial charge < -0.3 is 30.1 Å².